The van der Waals surface area contributed by atoms with Crippen molar-refractivity contribution in [2.75, 3.05) is 13.1 Å². The van der Waals surface area contributed by atoms with Gasteiger partial charge >= 0.3 is 0 Å². The molecule has 2 fully saturated rings. The van der Waals surface area contributed by atoms with Crippen LogP contribution in [0.5, 0.6) is 5.75 Å². The van der Waals surface area contributed by atoms with Gasteiger partial charge in [-0.05, 0) is 63.4 Å². The van der Waals surface area contributed by atoms with Crippen LogP contribution in [0.2, 0.25) is 0 Å². The van der Waals surface area contributed by atoms with E-state index in [1.165, 1.54) is 12.1 Å². The summed E-state index contributed by atoms with van der Waals surface area (Å²) in [6.07, 6.45) is 6.32. The zero-order valence-electron chi connectivity index (χ0n) is 13.6. The Morgan fingerprint density at radius 1 is 1.26 bits per heavy atom. The van der Waals surface area contributed by atoms with E-state index in [9.17, 15) is 14.3 Å². The van der Waals surface area contributed by atoms with Crippen molar-refractivity contribution < 1.29 is 14.3 Å². The molecule has 0 aromatic heterocycles. The van der Waals surface area contributed by atoms with Crippen molar-refractivity contribution in [3.63, 3.8) is 0 Å². The summed E-state index contributed by atoms with van der Waals surface area (Å²) in [5, 5.41) is 12.4. The molecule has 1 atom stereocenters. The number of nitrogens with one attached hydrogen (secondary N) is 1. The first-order valence-corrected chi connectivity index (χ1v) is 8.57. The molecule has 23 heavy (non-hydrogen) atoms. The van der Waals surface area contributed by atoms with Gasteiger partial charge < -0.3 is 10.4 Å². The maximum absolute atomic E-state index is 13.5. The fourth-order valence-electron chi connectivity index (χ4n) is 4.00. The third-order valence-corrected chi connectivity index (χ3v) is 5.38. The van der Waals surface area contributed by atoms with Gasteiger partial charge in [0, 0.05) is 0 Å². The predicted molar refractivity (Wildman–Crippen MR) is 86.6 cm³/mol. The lowest BCUT2D eigenvalue weighted by Gasteiger charge is -2.38. The van der Waals surface area contributed by atoms with Gasteiger partial charge in [0.25, 0.3) is 0 Å². The maximum Gasteiger partial charge on any atom is 0.240 e. The van der Waals surface area contributed by atoms with Gasteiger partial charge in [-0.25, -0.2) is 4.39 Å². The van der Waals surface area contributed by atoms with Crippen molar-refractivity contribution in [2.24, 2.45) is 0 Å². The quantitative estimate of drug-likeness (QED) is 0.896. The first kappa shape index (κ1) is 16.2. The number of amides is 1. The van der Waals surface area contributed by atoms with E-state index in [-0.39, 0.29) is 23.2 Å². The third kappa shape index (κ3) is 3.07. The minimum absolute atomic E-state index is 0.0675. The monoisotopic (exact) mass is 320 g/mol. The van der Waals surface area contributed by atoms with Crippen LogP contribution in [-0.4, -0.2) is 34.5 Å². The lowest BCUT2D eigenvalue weighted by Crippen LogP contribution is -2.56. The minimum atomic E-state index is -0.654. The van der Waals surface area contributed by atoms with Crippen molar-refractivity contribution >= 4 is 5.91 Å². The molecule has 5 heteroatoms. The Kier molecular flexibility index (Phi) is 4.57. The Balaban J connectivity index is 1.74. The zero-order valence-corrected chi connectivity index (χ0v) is 13.6. The summed E-state index contributed by atoms with van der Waals surface area (Å²) in [5.74, 6) is -0.951. The Bertz CT molecular complexity index is 578. The summed E-state index contributed by atoms with van der Waals surface area (Å²) in [6, 6.07) is 3.99. The van der Waals surface area contributed by atoms with E-state index < -0.39 is 5.82 Å². The Morgan fingerprint density at radius 2 is 1.91 bits per heavy atom. The van der Waals surface area contributed by atoms with Crippen LogP contribution in [0.4, 0.5) is 4.39 Å². The predicted octanol–water partition coefficient (Wildman–Crippen LogP) is 3.12. The second-order valence-corrected chi connectivity index (χ2v) is 6.84. The molecular weight excluding hydrogens is 295 g/mol. The number of rotatable bonds is 4. The van der Waals surface area contributed by atoms with Crippen molar-refractivity contribution in [3.05, 3.63) is 29.6 Å². The number of hydrogen-bond donors (Lipinski definition) is 2. The Morgan fingerprint density at radius 3 is 2.52 bits per heavy atom. The van der Waals surface area contributed by atoms with Crippen LogP contribution < -0.4 is 5.32 Å². The molecule has 4 nitrogen and oxygen atoms in total. The van der Waals surface area contributed by atoms with Crippen molar-refractivity contribution in [1.29, 1.82) is 0 Å². The highest BCUT2D eigenvalue weighted by molar-refractivity contribution is 5.87. The summed E-state index contributed by atoms with van der Waals surface area (Å²) >= 11 is 0. The van der Waals surface area contributed by atoms with Gasteiger partial charge in [-0.1, -0.05) is 18.9 Å². The zero-order chi connectivity index (χ0) is 16.4. The van der Waals surface area contributed by atoms with Gasteiger partial charge in [0.15, 0.2) is 11.6 Å². The SMILES string of the molecule is C[C@@H](NC(=O)C1(N2CCCC2)CCCC1)c1ccc(O)c(F)c1. The van der Waals surface area contributed by atoms with Crippen LogP contribution in [0.1, 0.15) is 57.1 Å². The number of likely N-dealkylation sites (tertiary alicyclic amines) is 1. The highest BCUT2D eigenvalue weighted by Gasteiger charge is 2.47. The molecule has 1 saturated carbocycles. The van der Waals surface area contributed by atoms with Crippen molar-refractivity contribution in [1.82, 2.24) is 10.2 Å². The van der Waals surface area contributed by atoms with Crippen LogP contribution in [0, 0.1) is 5.82 Å². The molecule has 0 radical (unpaired) electrons. The molecule has 1 amide bonds. The topological polar surface area (TPSA) is 52.6 Å². The van der Waals surface area contributed by atoms with Crippen molar-refractivity contribution in [3.8, 4) is 5.75 Å². The van der Waals surface area contributed by atoms with Crippen molar-refractivity contribution in [2.45, 2.75) is 57.0 Å². The van der Waals surface area contributed by atoms with Gasteiger partial charge in [0.1, 0.15) is 5.54 Å². The molecule has 1 heterocycles. The lowest BCUT2D eigenvalue weighted by atomic mass is 9.93. The molecule has 1 aliphatic heterocycles. The normalized spacial score (nSPS) is 22.2. The largest absolute Gasteiger partial charge is 0.505 e. The number of phenolic OH excluding ortho intramolecular Hbond substituents is 1. The number of halogens is 1. The van der Waals surface area contributed by atoms with E-state index in [1.54, 1.807) is 6.07 Å². The van der Waals surface area contributed by atoms with Crippen LogP contribution >= 0.6 is 0 Å². The third-order valence-electron chi connectivity index (χ3n) is 5.38. The number of phenols is 1. The first-order chi connectivity index (χ1) is 11.0. The van der Waals surface area contributed by atoms with Gasteiger partial charge in [-0.3, -0.25) is 9.69 Å². The molecule has 3 rings (SSSR count). The molecule has 0 bridgehead atoms. The smallest absolute Gasteiger partial charge is 0.240 e. The Hall–Kier alpha value is -1.62. The number of carbonyl (C=O) groups excluding carboxylic acids is 1. The summed E-state index contributed by atoms with van der Waals surface area (Å²) in [6.45, 7) is 3.85. The van der Waals surface area contributed by atoms with Gasteiger partial charge in [0.05, 0.1) is 6.04 Å². The van der Waals surface area contributed by atoms with Gasteiger partial charge in [-0.2, -0.15) is 0 Å². The van der Waals surface area contributed by atoms with Crippen LogP contribution in [0.15, 0.2) is 18.2 Å². The first-order valence-electron chi connectivity index (χ1n) is 8.57. The molecule has 1 aliphatic carbocycles. The highest BCUT2D eigenvalue weighted by Crippen LogP contribution is 2.38. The van der Waals surface area contributed by atoms with Crippen LogP contribution in [0.3, 0.4) is 0 Å². The van der Waals surface area contributed by atoms with Gasteiger partial charge in [-0.15, -0.1) is 0 Å². The number of hydrogen-bond acceptors (Lipinski definition) is 3. The highest BCUT2D eigenvalue weighted by atomic mass is 19.1. The van der Waals surface area contributed by atoms with E-state index in [4.69, 9.17) is 0 Å². The molecule has 1 saturated heterocycles. The average molecular weight is 320 g/mol. The standard InChI is InChI=1S/C18H25FN2O2/c1-13(14-6-7-16(22)15(19)12-14)20-17(23)18(8-2-3-9-18)21-10-4-5-11-21/h6-7,12-13,22H,2-5,8-11H2,1H3,(H,20,23)/t13-/m1/s1. The molecule has 126 valence electrons. The number of carbonyl (C=O) groups is 1. The molecule has 1 aromatic rings. The molecule has 0 unspecified atom stereocenters. The van der Waals surface area contributed by atoms with E-state index in [2.05, 4.69) is 10.2 Å². The van der Waals surface area contributed by atoms with Crippen LogP contribution in [0.25, 0.3) is 0 Å². The maximum atomic E-state index is 13.5. The summed E-state index contributed by atoms with van der Waals surface area (Å²) < 4.78 is 13.5. The second kappa shape index (κ2) is 6.48. The van der Waals surface area contributed by atoms with E-state index in [1.807, 2.05) is 6.92 Å². The van der Waals surface area contributed by atoms with E-state index in [0.717, 1.165) is 51.6 Å². The number of aromatic hydroxyl groups is 1. The Labute approximate surface area is 136 Å². The molecule has 1 aromatic carbocycles. The summed E-state index contributed by atoms with van der Waals surface area (Å²) in [4.78, 5) is 15.3. The summed E-state index contributed by atoms with van der Waals surface area (Å²) in [7, 11) is 0. The minimum Gasteiger partial charge on any atom is -0.505 e. The van der Waals surface area contributed by atoms with Gasteiger partial charge in [0.2, 0.25) is 5.91 Å². The number of nitrogens with zero attached hydrogens (tertiary/aromatic N) is 1. The lowest BCUT2D eigenvalue weighted by molar-refractivity contribution is -0.133. The molecular formula is C18H25FN2O2. The molecule has 2 aliphatic rings. The van der Waals surface area contributed by atoms with E-state index >= 15 is 0 Å². The second-order valence-electron chi connectivity index (χ2n) is 6.84. The number of benzene rings is 1. The molecule has 2 N–H and O–H groups in total. The van der Waals surface area contributed by atoms with E-state index in [0.29, 0.717) is 5.56 Å². The average Bonchev–Trinajstić information content (AvgIpc) is 3.21. The van der Waals surface area contributed by atoms with Crippen LogP contribution in [-0.2, 0) is 4.79 Å². The fourth-order valence-corrected chi connectivity index (χ4v) is 4.00. The fraction of sp³-hybridized carbons (Fsp3) is 0.611. The molecule has 0 spiro atoms. The summed E-state index contributed by atoms with van der Waals surface area (Å²) in [5.41, 5.74) is 0.295.